The van der Waals surface area contributed by atoms with Crippen LogP contribution in [0, 0.1) is 5.82 Å². The molecule has 1 aliphatic heterocycles. The van der Waals surface area contributed by atoms with Gasteiger partial charge in [0.25, 0.3) is 0 Å². The molecule has 0 saturated carbocycles. The lowest BCUT2D eigenvalue weighted by molar-refractivity contribution is -0.118. The molecule has 4 rings (SSSR count). The number of halogens is 1. The molecule has 2 heterocycles. The number of carbonyl (C=O) groups is 1. The molecule has 0 N–H and O–H groups in total. The van der Waals surface area contributed by atoms with Gasteiger partial charge in [0, 0.05) is 25.5 Å². The maximum absolute atomic E-state index is 13.3. The van der Waals surface area contributed by atoms with Crippen molar-refractivity contribution in [3.8, 4) is 5.75 Å². The summed E-state index contributed by atoms with van der Waals surface area (Å²) < 4.78 is 20.1. The summed E-state index contributed by atoms with van der Waals surface area (Å²) >= 11 is 1.12. The van der Waals surface area contributed by atoms with Crippen LogP contribution < -0.4 is 14.5 Å². The van der Waals surface area contributed by atoms with Crippen molar-refractivity contribution >= 4 is 28.7 Å². The number of benzene rings is 2. The lowest BCUT2D eigenvalue weighted by Gasteiger charge is -2.32. The highest BCUT2D eigenvalue weighted by Crippen LogP contribution is 2.44. The quantitative estimate of drug-likeness (QED) is 0.690. The Hall–Kier alpha value is -2.93. The van der Waals surface area contributed by atoms with Gasteiger partial charge in [-0.25, -0.2) is 4.39 Å². The third-order valence-corrected chi connectivity index (χ3v) is 5.89. The number of aromatic nitrogens is 1. The highest BCUT2D eigenvalue weighted by molar-refractivity contribution is 7.10. The monoisotopic (exact) mass is 384 g/mol. The van der Waals surface area contributed by atoms with Gasteiger partial charge in [-0.15, -0.1) is 0 Å². The van der Waals surface area contributed by atoms with E-state index in [0.717, 1.165) is 21.8 Å². The van der Waals surface area contributed by atoms with E-state index in [1.54, 1.807) is 49.4 Å². The van der Waals surface area contributed by atoms with Crippen LogP contribution in [0.1, 0.15) is 22.8 Å². The van der Waals surface area contributed by atoms with E-state index in [2.05, 4.69) is 0 Å². The van der Waals surface area contributed by atoms with Crippen LogP contribution in [0.2, 0.25) is 0 Å². The van der Waals surface area contributed by atoms with Crippen LogP contribution >= 0.6 is 11.3 Å². The number of rotatable bonds is 3. The van der Waals surface area contributed by atoms with E-state index >= 15 is 0 Å². The summed E-state index contributed by atoms with van der Waals surface area (Å²) in [6, 6.07) is 13.3. The van der Waals surface area contributed by atoms with E-state index in [-0.39, 0.29) is 28.9 Å². The molecule has 2 aromatic carbocycles. The molecule has 0 radical (unpaired) electrons. The van der Waals surface area contributed by atoms with E-state index < -0.39 is 0 Å². The summed E-state index contributed by atoms with van der Waals surface area (Å²) in [6.07, 6.45) is 0.204. The summed E-state index contributed by atoms with van der Waals surface area (Å²) in [5.41, 5.74) is 1.46. The fraction of sp³-hybridized carbons (Fsp3) is 0.200. The largest absolute Gasteiger partial charge is 0.497 e. The number of nitrogens with zero attached hydrogens (tertiary/aromatic N) is 2. The van der Waals surface area contributed by atoms with Crippen LogP contribution in [0.15, 0.2) is 53.3 Å². The Morgan fingerprint density at radius 2 is 1.89 bits per heavy atom. The zero-order chi connectivity index (χ0) is 19.1. The Bertz CT molecular complexity index is 1070. The third kappa shape index (κ3) is 2.94. The standard InChI is InChI=1S/C20H17FN2O3S/c1-22-19-18(27-20(22)25)16(12-6-8-13(21)9-7-12)11-17(24)23(19)14-4-3-5-15(10-14)26-2/h3-10,16H,11H2,1-2H3/t16-/m0/s1. The predicted molar refractivity (Wildman–Crippen MR) is 103 cm³/mol. The number of carbonyl (C=O) groups excluding carboxylic acids is 1. The first-order valence-electron chi connectivity index (χ1n) is 8.41. The molecule has 1 atom stereocenters. The Labute approximate surface area is 159 Å². The van der Waals surface area contributed by atoms with Crippen LogP contribution in [0.5, 0.6) is 5.75 Å². The minimum Gasteiger partial charge on any atom is -0.497 e. The van der Waals surface area contributed by atoms with Gasteiger partial charge in [-0.05, 0) is 29.8 Å². The maximum atomic E-state index is 13.3. The number of hydrogen-bond donors (Lipinski definition) is 0. The highest BCUT2D eigenvalue weighted by atomic mass is 32.1. The first kappa shape index (κ1) is 17.5. The van der Waals surface area contributed by atoms with Crippen molar-refractivity contribution in [1.29, 1.82) is 0 Å². The summed E-state index contributed by atoms with van der Waals surface area (Å²) in [5, 5.41) is 0. The molecule has 27 heavy (non-hydrogen) atoms. The maximum Gasteiger partial charge on any atom is 0.308 e. The third-order valence-electron chi connectivity index (χ3n) is 4.75. The molecule has 3 aromatic rings. The van der Waals surface area contributed by atoms with E-state index in [1.807, 2.05) is 6.07 Å². The molecular formula is C20H17FN2O3S. The number of thiazole rings is 1. The van der Waals surface area contributed by atoms with Gasteiger partial charge in [-0.2, -0.15) is 0 Å². The number of amides is 1. The lowest BCUT2D eigenvalue weighted by atomic mass is 9.90. The summed E-state index contributed by atoms with van der Waals surface area (Å²) in [5.74, 6) is 0.458. The fourth-order valence-electron chi connectivity index (χ4n) is 3.40. The Morgan fingerprint density at radius 1 is 1.15 bits per heavy atom. The summed E-state index contributed by atoms with van der Waals surface area (Å²) in [7, 11) is 3.22. The average molecular weight is 384 g/mol. The number of methoxy groups -OCH3 is 1. The molecule has 5 nitrogen and oxygen atoms in total. The summed E-state index contributed by atoms with van der Waals surface area (Å²) in [6.45, 7) is 0. The summed E-state index contributed by atoms with van der Waals surface area (Å²) in [4.78, 5) is 27.7. The van der Waals surface area contributed by atoms with Crippen molar-refractivity contribution in [3.63, 3.8) is 0 Å². The van der Waals surface area contributed by atoms with Crippen LogP contribution in [0.25, 0.3) is 0 Å². The molecule has 0 fully saturated rings. The second kappa shape index (κ2) is 6.66. The SMILES string of the molecule is COc1cccc(N2C(=O)C[C@@H](c3ccc(F)cc3)c3sc(=O)n(C)c32)c1. The fourth-order valence-corrected chi connectivity index (χ4v) is 4.50. The molecule has 0 saturated heterocycles. The van der Waals surface area contributed by atoms with Crippen molar-refractivity contribution in [2.75, 3.05) is 12.0 Å². The van der Waals surface area contributed by atoms with Gasteiger partial charge in [0.15, 0.2) is 0 Å². The number of ether oxygens (including phenoxy) is 1. The van der Waals surface area contributed by atoms with E-state index in [1.165, 1.54) is 16.7 Å². The zero-order valence-corrected chi connectivity index (χ0v) is 15.6. The predicted octanol–water partition coefficient (Wildman–Crippen LogP) is 3.79. The van der Waals surface area contributed by atoms with Crippen LogP contribution in [0.4, 0.5) is 15.9 Å². The molecule has 1 amide bonds. The van der Waals surface area contributed by atoms with E-state index in [0.29, 0.717) is 17.3 Å². The van der Waals surface area contributed by atoms with Gasteiger partial charge < -0.3 is 4.74 Å². The van der Waals surface area contributed by atoms with Crippen LogP contribution in [-0.2, 0) is 11.8 Å². The first-order chi connectivity index (χ1) is 13.0. The first-order valence-corrected chi connectivity index (χ1v) is 9.23. The van der Waals surface area contributed by atoms with Crippen LogP contribution in [-0.4, -0.2) is 17.6 Å². The Balaban J connectivity index is 1.88. The minimum absolute atomic E-state index is 0.126. The van der Waals surface area contributed by atoms with Gasteiger partial charge in [0.1, 0.15) is 17.4 Å². The van der Waals surface area contributed by atoms with E-state index in [9.17, 15) is 14.0 Å². The highest BCUT2D eigenvalue weighted by Gasteiger charge is 2.37. The Morgan fingerprint density at radius 3 is 2.59 bits per heavy atom. The van der Waals surface area contributed by atoms with Crippen molar-refractivity contribution in [1.82, 2.24) is 4.57 Å². The second-order valence-corrected chi connectivity index (χ2v) is 7.35. The molecule has 0 unspecified atom stereocenters. The topological polar surface area (TPSA) is 51.5 Å². The lowest BCUT2D eigenvalue weighted by Crippen LogP contribution is -2.34. The molecule has 0 bridgehead atoms. The molecule has 1 aliphatic rings. The molecular weight excluding hydrogens is 367 g/mol. The smallest absolute Gasteiger partial charge is 0.308 e. The Kier molecular flexibility index (Phi) is 4.31. The normalized spacial score (nSPS) is 16.3. The molecule has 0 aliphatic carbocycles. The van der Waals surface area contributed by atoms with Gasteiger partial charge in [0.2, 0.25) is 5.91 Å². The van der Waals surface area contributed by atoms with Gasteiger partial charge in [-0.1, -0.05) is 29.5 Å². The van der Waals surface area contributed by atoms with Gasteiger partial charge in [0.05, 0.1) is 17.7 Å². The minimum atomic E-state index is -0.333. The molecule has 7 heteroatoms. The van der Waals surface area contributed by atoms with Crippen molar-refractivity contribution in [2.24, 2.45) is 7.05 Å². The second-order valence-electron chi connectivity index (χ2n) is 6.35. The number of hydrogen-bond acceptors (Lipinski definition) is 4. The van der Waals surface area contributed by atoms with E-state index in [4.69, 9.17) is 4.74 Å². The van der Waals surface area contributed by atoms with Gasteiger partial charge in [-0.3, -0.25) is 19.1 Å². The number of fused-ring (bicyclic) bond motifs is 1. The van der Waals surface area contributed by atoms with Crippen molar-refractivity contribution in [2.45, 2.75) is 12.3 Å². The van der Waals surface area contributed by atoms with Crippen LogP contribution in [0.3, 0.4) is 0 Å². The molecule has 0 spiro atoms. The number of anilines is 2. The van der Waals surface area contributed by atoms with Crippen molar-refractivity contribution in [3.05, 3.63) is 74.5 Å². The molecule has 1 aromatic heterocycles. The molecule has 138 valence electrons. The van der Waals surface area contributed by atoms with Crippen molar-refractivity contribution < 1.29 is 13.9 Å². The zero-order valence-electron chi connectivity index (χ0n) is 14.8. The average Bonchev–Trinajstić information content (AvgIpc) is 2.97. The van der Waals surface area contributed by atoms with Gasteiger partial charge >= 0.3 is 4.87 Å².